The van der Waals surface area contributed by atoms with E-state index in [2.05, 4.69) is 15.6 Å². The molecule has 5 rings (SSSR count). The summed E-state index contributed by atoms with van der Waals surface area (Å²) in [6.07, 6.45) is 7.44. The molecule has 0 saturated carbocycles. The number of aromatic nitrogens is 2. The molecular weight excluding hydrogens is 366 g/mol. The topological polar surface area (TPSA) is 56.6 Å². The first-order chi connectivity index (χ1) is 14.3. The summed E-state index contributed by atoms with van der Waals surface area (Å²) in [5.74, 6) is 2.11. The van der Waals surface area contributed by atoms with E-state index in [9.17, 15) is 4.79 Å². The van der Waals surface area contributed by atoms with Gasteiger partial charge in [0.2, 0.25) is 12.7 Å². The van der Waals surface area contributed by atoms with E-state index in [0.29, 0.717) is 5.92 Å². The number of para-hydroxylation sites is 2. The van der Waals surface area contributed by atoms with Gasteiger partial charge in [0.1, 0.15) is 0 Å². The Kier molecular flexibility index (Phi) is 4.68. The molecule has 0 spiro atoms. The summed E-state index contributed by atoms with van der Waals surface area (Å²) in [4.78, 5) is 19.0. The van der Waals surface area contributed by atoms with E-state index in [0.717, 1.165) is 55.1 Å². The first-order valence-electron chi connectivity index (χ1n) is 10.0. The quantitative estimate of drug-likeness (QED) is 0.638. The van der Waals surface area contributed by atoms with E-state index in [1.54, 1.807) is 6.08 Å². The van der Waals surface area contributed by atoms with Gasteiger partial charge in [-0.2, -0.15) is 0 Å². The first kappa shape index (κ1) is 17.8. The number of ether oxygens (including phenoxy) is 2. The van der Waals surface area contributed by atoms with Crippen LogP contribution in [0.5, 0.6) is 11.5 Å². The normalized spacial score (nSPS) is 16.8. The van der Waals surface area contributed by atoms with Crippen molar-refractivity contribution >= 4 is 23.0 Å². The Labute approximate surface area is 169 Å². The van der Waals surface area contributed by atoms with Gasteiger partial charge in [0.15, 0.2) is 11.5 Å². The monoisotopic (exact) mass is 389 g/mol. The molecule has 2 aromatic carbocycles. The van der Waals surface area contributed by atoms with Crippen molar-refractivity contribution in [2.24, 2.45) is 5.92 Å². The summed E-state index contributed by atoms with van der Waals surface area (Å²) in [6, 6.07) is 13.9. The molecule has 0 aliphatic carbocycles. The van der Waals surface area contributed by atoms with Crippen LogP contribution >= 0.6 is 0 Å². The maximum Gasteiger partial charge on any atom is 0.246 e. The minimum Gasteiger partial charge on any atom is -0.454 e. The lowest BCUT2D eigenvalue weighted by Gasteiger charge is -2.31. The molecule has 29 heavy (non-hydrogen) atoms. The number of rotatable bonds is 4. The van der Waals surface area contributed by atoms with Crippen molar-refractivity contribution in [1.82, 2.24) is 14.5 Å². The van der Waals surface area contributed by atoms with Crippen LogP contribution < -0.4 is 9.47 Å². The maximum absolute atomic E-state index is 12.6. The Morgan fingerprint density at radius 2 is 1.93 bits per heavy atom. The lowest BCUT2D eigenvalue weighted by atomic mass is 9.96. The number of fused-ring (bicyclic) bond motifs is 2. The van der Waals surface area contributed by atoms with E-state index in [1.165, 1.54) is 5.52 Å². The van der Waals surface area contributed by atoms with E-state index in [4.69, 9.17) is 9.47 Å². The van der Waals surface area contributed by atoms with Gasteiger partial charge in [0.25, 0.3) is 0 Å². The van der Waals surface area contributed by atoms with Gasteiger partial charge in [-0.25, -0.2) is 4.98 Å². The van der Waals surface area contributed by atoms with Gasteiger partial charge in [-0.05, 0) is 54.7 Å². The fourth-order valence-corrected chi connectivity index (χ4v) is 4.06. The van der Waals surface area contributed by atoms with Crippen LogP contribution in [0.15, 0.2) is 54.9 Å². The molecule has 0 N–H and O–H groups in total. The zero-order valence-corrected chi connectivity index (χ0v) is 16.2. The molecule has 3 heterocycles. The molecule has 6 heteroatoms. The van der Waals surface area contributed by atoms with Gasteiger partial charge in [0.05, 0.1) is 17.4 Å². The van der Waals surface area contributed by atoms with Crippen molar-refractivity contribution < 1.29 is 14.3 Å². The number of hydrogen-bond donors (Lipinski definition) is 0. The lowest BCUT2D eigenvalue weighted by molar-refractivity contribution is -0.127. The van der Waals surface area contributed by atoms with Crippen molar-refractivity contribution in [1.29, 1.82) is 0 Å². The molecule has 0 bridgehead atoms. The van der Waals surface area contributed by atoms with Crippen molar-refractivity contribution in [3.63, 3.8) is 0 Å². The summed E-state index contributed by atoms with van der Waals surface area (Å²) in [5.41, 5.74) is 3.15. The predicted octanol–water partition coefficient (Wildman–Crippen LogP) is 3.72. The molecule has 1 fully saturated rings. The van der Waals surface area contributed by atoms with Crippen LogP contribution in [-0.2, 0) is 11.3 Å². The van der Waals surface area contributed by atoms with Crippen molar-refractivity contribution in [3.05, 3.63) is 60.4 Å². The summed E-state index contributed by atoms with van der Waals surface area (Å²) in [5, 5.41) is 0. The predicted molar refractivity (Wildman–Crippen MR) is 111 cm³/mol. The molecule has 2 aliphatic rings. The van der Waals surface area contributed by atoms with Crippen LogP contribution in [0.4, 0.5) is 0 Å². The minimum absolute atomic E-state index is 0.0641. The second kappa shape index (κ2) is 7.62. The lowest BCUT2D eigenvalue weighted by Crippen LogP contribution is -2.38. The summed E-state index contributed by atoms with van der Waals surface area (Å²) < 4.78 is 12.9. The third-order valence-electron chi connectivity index (χ3n) is 5.72. The second-order valence-electron chi connectivity index (χ2n) is 7.60. The molecule has 6 nitrogen and oxygen atoms in total. The highest BCUT2D eigenvalue weighted by atomic mass is 16.7. The van der Waals surface area contributed by atoms with E-state index >= 15 is 0 Å². The summed E-state index contributed by atoms with van der Waals surface area (Å²) >= 11 is 0. The number of hydrogen-bond acceptors (Lipinski definition) is 4. The number of nitrogens with zero attached hydrogens (tertiary/aromatic N) is 3. The number of amides is 1. The highest BCUT2D eigenvalue weighted by Crippen LogP contribution is 2.32. The fourth-order valence-electron chi connectivity index (χ4n) is 4.06. The Hall–Kier alpha value is -3.28. The van der Waals surface area contributed by atoms with Gasteiger partial charge in [-0.1, -0.05) is 18.2 Å². The average Bonchev–Trinajstić information content (AvgIpc) is 3.39. The second-order valence-corrected chi connectivity index (χ2v) is 7.60. The number of piperidine rings is 1. The number of imidazole rings is 1. The van der Waals surface area contributed by atoms with Crippen molar-refractivity contribution in [2.75, 3.05) is 19.9 Å². The van der Waals surface area contributed by atoms with E-state index in [1.807, 2.05) is 53.7 Å². The van der Waals surface area contributed by atoms with E-state index < -0.39 is 0 Å². The molecule has 0 radical (unpaired) electrons. The third kappa shape index (κ3) is 3.70. The zero-order chi connectivity index (χ0) is 19.6. The van der Waals surface area contributed by atoms with Gasteiger partial charge < -0.3 is 18.9 Å². The van der Waals surface area contributed by atoms with Crippen LogP contribution in [0.2, 0.25) is 0 Å². The Morgan fingerprint density at radius 3 is 2.83 bits per heavy atom. The molecule has 0 atom stereocenters. The summed E-state index contributed by atoms with van der Waals surface area (Å²) in [6.45, 7) is 2.80. The van der Waals surface area contributed by atoms with Crippen molar-refractivity contribution in [2.45, 2.75) is 19.4 Å². The van der Waals surface area contributed by atoms with Gasteiger partial charge >= 0.3 is 0 Å². The Balaban J connectivity index is 1.16. The molecule has 1 aromatic heterocycles. The van der Waals surface area contributed by atoms with Crippen LogP contribution in [-0.4, -0.2) is 40.2 Å². The molecule has 1 saturated heterocycles. The molecule has 3 aromatic rings. The minimum atomic E-state index is 0.0641. The van der Waals surface area contributed by atoms with Gasteiger partial charge in [-0.15, -0.1) is 0 Å². The zero-order valence-electron chi connectivity index (χ0n) is 16.2. The third-order valence-corrected chi connectivity index (χ3v) is 5.72. The number of carbonyl (C=O) groups excluding carboxylic acids is 1. The van der Waals surface area contributed by atoms with E-state index in [-0.39, 0.29) is 12.7 Å². The number of benzene rings is 2. The van der Waals surface area contributed by atoms with Crippen LogP contribution in [0, 0.1) is 5.92 Å². The standard InChI is InChI=1S/C23H23N3O3/c27-23(8-6-17-5-7-21-22(13-17)29-16-28-21)25-11-9-18(10-12-25)14-26-15-24-19-3-1-2-4-20(19)26/h1-8,13,15,18H,9-12,14,16H2. The highest BCUT2D eigenvalue weighted by molar-refractivity contribution is 5.92. The molecular formula is C23H23N3O3. The van der Waals surface area contributed by atoms with Crippen molar-refractivity contribution in [3.8, 4) is 11.5 Å². The first-order valence-corrected chi connectivity index (χ1v) is 10.0. The smallest absolute Gasteiger partial charge is 0.246 e. The SMILES string of the molecule is O=C(C=Cc1ccc2c(c1)OCO2)N1CCC(Cn2cnc3ccccc32)CC1. The number of carbonyl (C=O) groups is 1. The Morgan fingerprint density at radius 1 is 1.10 bits per heavy atom. The largest absolute Gasteiger partial charge is 0.454 e. The molecule has 148 valence electrons. The van der Waals surface area contributed by atoms with Crippen LogP contribution in [0.25, 0.3) is 17.1 Å². The van der Waals surface area contributed by atoms with Gasteiger partial charge in [-0.3, -0.25) is 4.79 Å². The Bertz CT molecular complexity index is 1060. The van der Waals surface area contributed by atoms with Gasteiger partial charge in [0, 0.05) is 25.7 Å². The molecule has 1 amide bonds. The molecule has 2 aliphatic heterocycles. The van der Waals surface area contributed by atoms with Crippen LogP contribution in [0.1, 0.15) is 18.4 Å². The van der Waals surface area contributed by atoms with Crippen LogP contribution in [0.3, 0.4) is 0 Å². The fraction of sp³-hybridized carbons (Fsp3) is 0.304. The maximum atomic E-state index is 12.6. The average molecular weight is 389 g/mol. The number of likely N-dealkylation sites (tertiary alicyclic amines) is 1. The highest BCUT2D eigenvalue weighted by Gasteiger charge is 2.22. The summed E-state index contributed by atoms with van der Waals surface area (Å²) in [7, 11) is 0. The molecule has 0 unspecified atom stereocenters.